The summed E-state index contributed by atoms with van der Waals surface area (Å²) >= 11 is 0. The zero-order valence-electron chi connectivity index (χ0n) is 26.6. The molecule has 232 valence electrons. The van der Waals surface area contributed by atoms with E-state index < -0.39 is 0 Å². The van der Waals surface area contributed by atoms with Crippen LogP contribution >= 0.6 is 0 Å². The van der Waals surface area contributed by atoms with Crippen LogP contribution in [0.5, 0.6) is 23.0 Å². The van der Waals surface area contributed by atoms with Crippen molar-refractivity contribution in [3.8, 4) is 23.0 Å². The van der Waals surface area contributed by atoms with E-state index in [9.17, 15) is 20.4 Å². The summed E-state index contributed by atoms with van der Waals surface area (Å²) in [6.45, 7) is 9.34. The molecule has 4 aromatic carbocycles. The SMILES string of the molecule is CC1CC(C)(C)CC(c2ccc(O)cc2)(c2ccc(O)cc2)C1.CC1CCCC(c2ccc(O)cc2)(c2ccc(O)cc2)C1. The molecule has 0 aliphatic heterocycles. The van der Waals surface area contributed by atoms with Gasteiger partial charge in [-0.05, 0) is 120 Å². The van der Waals surface area contributed by atoms with Crippen molar-refractivity contribution >= 4 is 0 Å². The van der Waals surface area contributed by atoms with E-state index in [0.717, 1.165) is 25.7 Å². The van der Waals surface area contributed by atoms with Crippen LogP contribution in [0, 0.1) is 17.3 Å². The number of benzene rings is 4. The summed E-state index contributed by atoms with van der Waals surface area (Å²) in [5, 5.41) is 38.5. The molecule has 0 heterocycles. The molecule has 44 heavy (non-hydrogen) atoms. The minimum Gasteiger partial charge on any atom is -0.508 e. The van der Waals surface area contributed by atoms with Gasteiger partial charge in [0.15, 0.2) is 0 Å². The fourth-order valence-electron chi connectivity index (χ4n) is 8.54. The first-order valence-electron chi connectivity index (χ1n) is 16.1. The van der Waals surface area contributed by atoms with E-state index in [2.05, 4.69) is 52.0 Å². The highest BCUT2D eigenvalue weighted by Gasteiger charge is 2.45. The quantitative estimate of drug-likeness (QED) is 0.190. The standard InChI is InChI=1S/C21H26O2.C19H22O2/c1-15-12-20(2,3)14-21(13-15,16-4-8-18(22)9-5-16)17-6-10-19(23)11-7-17;1-14-3-2-12-19(13-14,15-4-8-17(20)9-5-15)16-6-10-18(21)11-7-16/h4-11,15,22-23H,12-14H2,1-3H3;4-11,14,20-21H,2-3,12-13H2,1H3. The summed E-state index contributed by atoms with van der Waals surface area (Å²) in [6, 6.07) is 30.6. The van der Waals surface area contributed by atoms with E-state index in [1.54, 1.807) is 48.5 Å². The Labute approximate surface area is 263 Å². The van der Waals surface area contributed by atoms with Gasteiger partial charge in [-0.25, -0.2) is 0 Å². The van der Waals surface area contributed by atoms with E-state index in [1.807, 2.05) is 24.3 Å². The van der Waals surface area contributed by atoms with Gasteiger partial charge in [0.1, 0.15) is 23.0 Å². The third-order valence-electron chi connectivity index (χ3n) is 10.1. The minimum atomic E-state index is -0.0669. The fourth-order valence-corrected chi connectivity index (χ4v) is 8.54. The number of phenols is 4. The zero-order chi connectivity index (χ0) is 31.5. The third-order valence-corrected chi connectivity index (χ3v) is 10.1. The number of aromatic hydroxyl groups is 4. The largest absolute Gasteiger partial charge is 0.508 e. The van der Waals surface area contributed by atoms with Crippen LogP contribution in [0.25, 0.3) is 0 Å². The van der Waals surface area contributed by atoms with Crippen LogP contribution in [0.4, 0.5) is 0 Å². The fraction of sp³-hybridized carbons (Fsp3) is 0.400. The first kappa shape index (κ1) is 31.5. The smallest absolute Gasteiger partial charge is 0.115 e. The Balaban J connectivity index is 0.000000175. The Bertz CT molecular complexity index is 1410. The van der Waals surface area contributed by atoms with Gasteiger partial charge in [-0.3, -0.25) is 0 Å². The van der Waals surface area contributed by atoms with Gasteiger partial charge in [0, 0.05) is 10.8 Å². The predicted molar refractivity (Wildman–Crippen MR) is 178 cm³/mol. The van der Waals surface area contributed by atoms with Crippen LogP contribution in [-0.4, -0.2) is 20.4 Å². The summed E-state index contributed by atoms with van der Waals surface area (Å²) < 4.78 is 0. The van der Waals surface area contributed by atoms with Gasteiger partial charge in [0.25, 0.3) is 0 Å². The molecule has 4 heteroatoms. The van der Waals surface area contributed by atoms with Gasteiger partial charge >= 0.3 is 0 Å². The summed E-state index contributed by atoms with van der Waals surface area (Å²) in [7, 11) is 0. The average Bonchev–Trinajstić information content (AvgIpc) is 2.98. The van der Waals surface area contributed by atoms with Crippen LogP contribution in [0.1, 0.15) is 94.9 Å². The number of rotatable bonds is 4. The van der Waals surface area contributed by atoms with Crippen LogP contribution in [0.15, 0.2) is 97.1 Å². The molecule has 2 saturated carbocycles. The van der Waals surface area contributed by atoms with Crippen molar-refractivity contribution in [1.29, 1.82) is 0 Å². The summed E-state index contributed by atoms with van der Waals surface area (Å²) in [5.41, 5.74) is 5.21. The van der Waals surface area contributed by atoms with Gasteiger partial charge in [-0.2, -0.15) is 0 Å². The molecule has 0 radical (unpaired) electrons. The molecular formula is C40H48O4. The Morgan fingerprint density at radius 3 is 1.16 bits per heavy atom. The van der Waals surface area contributed by atoms with Crippen LogP contribution in [0.2, 0.25) is 0 Å². The van der Waals surface area contributed by atoms with Gasteiger partial charge < -0.3 is 20.4 Å². The molecule has 2 unspecified atom stereocenters. The van der Waals surface area contributed by atoms with Crippen molar-refractivity contribution in [2.45, 2.75) is 83.5 Å². The topological polar surface area (TPSA) is 80.9 Å². The average molecular weight is 593 g/mol. The van der Waals surface area contributed by atoms with Crippen LogP contribution in [0.3, 0.4) is 0 Å². The molecule has 4 nitrogen and oxygen atoms in total. The Morgan fingerprint density at radius 1 is 0.477 bits per heavy atom. The summed E-state index contributed by atoms with van der Waals surface area (Å²) in [5.74, 6) is 2.53. The summed E-state index contributed by atoms with van der Waals surface area (Å²) in [4.78, 5) is 0. The first-order chi connectivity index (χ1) is 20.9. The van der Waals surface area contributed by atoms with Crippen molar-refractivity contribution in [1.82, 2.24) is 0 Å². The van der Waals surface area contributed by atoms with Crippen molar-refractivity contribution in [3.05, 3.63) is 119 Å². The Morgan fingerprint density at radius 2 is 0.818 bits per heavy atom. The van der Waals surface area contributed by atoms with E-state index in [-0.39, 0.29) is 16.2 Å². The molecule has 4 N–H and O–H groups in total. The van der Waals surface area contributed by atoms with Gasteiger partial charge in [0.2, 0.25) is 0 Å². The maximum Gasteiger partial charge on any atom is 0.115 e. The first-order valence-corrected chi connectivity index (χ1v) is 16.1. The highest BCUT2D eigenvalue weighted by Crippen LogP contribution is 2.54. The Kier molecular flexibility index (Phi) is 9.02. The highest BCUT2D eigenvalue weighted by molar-refractivity contribution is 5.45. The van der Waals surface area contributed by atoms with Crippen molar-refractivity contribution in [3.63, 3.8) is 0 Å². The highest BCUT2D eigenvalue weighted by atomic mass is 16.3. The monoisotopic (exact) mass is 592 g/mol. The molecule has 4 aromatic rings. The lowest BCUT2D eigenvalue weighted by atomic mass is 9.55. The van der Waals surface area contributed by atoms with Gasteiger partial charge in [-0.1, -0.05) is 89.1 Å². The van der Waals surface area contributed by atoms with Crippen molar-refractivity contribution in [2.24, 2.45) is 17.3 Å². The van der Waals surface area contributed by atoms with E-state index in [0.29, 0.717) is 34.8 Å². The lowest BCUT2D eigenvalue weighted by Gasteiger charge is -2.48. The van der Waals surface area contributed by atoms with Crippen LogP contribution in [-0.2, 0) is 10.8 Å². The number of hydrogen-bond acceptors (Lipinski definition) is 4. The second-order valence-corrected chi connectivity index (χ2v) is 14.4. The molecule has 6 rings (SSSR count). The van der Waals surface area contributed by atoms with Crippen LogP contribution < -0.4 is 0 Å². The van der Waals surface area contributed by atoms with Gasteiger partial charge in [-0.15, -0.1) is 0 Å². The molecule has 2 fully saturated rings. The van der Waals surface area contributed by atoms with E-state index >= 15 is 0 Å². The van der Waals surface area contributed by atoms with Crippen molar-refractivity contribution in [2.75, 3.05) is 0 Å². The zero-order valence-corrected chi connectivity index (χ0v) is 26.6. The minimum absolute atomic E-state index is 0.000926. The maximum absolute atomic E-state index is 9.67. The normalized spacial score (nSPS) is 21.9. The molecule has 2 aliphatic carbocycles. The Hall–Kier alpha value is -3.92. The molecule has 0 spiro atoms. The lowest BCUT2D eigenvalue weighted by Crippen LogP contribution is -2.41. The lowest BCUT2D eigenvalue weighted by molar-refractivity contribution is 0.127. The van der Waals surface area contributed by atoms with Gasteiger partial charge in [0.05, 0.1) is 0 Å². The third kappa shape index (κ3) is 6.75. The second kappa shape index (κ2) is 12.6. The van der Waals surface area contributed by atoms with Crippen molar-refractivity contribution < 1.29 is 20.4 Å². The maximum atomic E-state index is 9.67. The second-order valence-electron chi connectivity index (χ2n) is 14.4. The molecule has 0 saturated heterocycles. The molecule has 0 aromatic heterocycles. The van der Waals surface area contributed by atoms with E-state index in [4.69, 9.17) is 0 Å². The molecule has 2 atom stereocenters. The van der Waals surface area contributed by atoms with E-state index in [1.165, 1.54) is 41.5 Å². The molecule has 0 amide bonds. The predicted octanol–water partition coefficient (Wildman–Crippen LogP) is 9.82. The number of hydrogen-bond donors (Lipinski definition) is 4. The summed E-state index contributed by atoms with van der Waals surface area (Å²) in [6.07, 6.45) is 8.10. The molecule has 0 bridgehead atoms. The molecular weight excluding hydrogens is 544 g/mol. The molecule has 2 aliphatic rings. The number of phenolic OH excluding ortho intramolecular Hbond substituents is 4.